The summed E-state index contributed by atoms with van der Waals surface area (Å²) in [6.07, 6.45) is 0. The highest BCUT2D eigenvalue weighted by molar-refractivity contribution is 5.38. The van der Waals surface area contributed by atoms with E-state index in [2.05, 4.69) is 56.7 Å². The Morgan fingerprint density at radius 2 is 1.80 bits per heavy atom. The number of likely N-dealkylation sites (N-methyl/N-ethyl adjacent to an activating group) is 1. The molecule has 0 aromatic heterocycles. The monoisotopic (exact) mass is 275 g/mol. The number of benzene rings is 1. The number of piperazine rings is 1. The molecule has 2 unspecified atom stereocenters. The van der Waals surface area contributed by atoms with Crippen molar-refractivity contribution in [2.45, 2.75) is 39.8 Å². The summed E-state index contributed by atoms with van der Waals surface area (Å²) >= 11 is 0. The molecule has 0 saturated carbocycles. The van der Waals surface area contributed by atoms with E-state index in [1.54, 1.807) is 0 Å². The van der Waals surface area contributed by atoms with E-state index in [-0.39, 0.29) is 0 Å². The first-order valence-electron chi connectivity index (χ1n) is 7.66. The normalized spacial score (nSPS) is 23.0. The van der Waals surface area contributed by atoms with Gasteiger partial charge in [0.15, 0.2) is 0 Å². The quantitative estimate of drug-likeness (QED) is 0.918. The average molecular weight is 275 g/mol. The summed E-state index contributed by atoms with van der Waals surface area (Å²) in [5.41, 5.74) is 11.6. The third-order valence-corrected chi connectivity index (χ3v) is 4.90. The standard InChI is InChI=1S/C17H29N3/c1-12-8-14(3)16(9-13(12)2)17(10-18)20-7-6-19(5)15(4)11-20/h8-9,15,17H,6-7,10-11,18H2,1-5H3. The highest BCUT2D eigenvalue weighted by Gasteiger charge is 2.27. The number of aryl methyl sites for hydroxylation is 3. The Kier molecular flexibility index (Phi) is 4.84. The van der Waals surface area contributed by atoms with E-state index in [1.807, 2.05) is 0 Å². The molecule has 1 aliphatic heterocycles. The fourth-order valence-electron chi connectivity index (χ4n) is 3.17. The van der Waals surface area contributed by atoms with Crippen LogP contribution in [0, 0.1) is 20.8 Å². The summed E-state index contributed by atoms with van der Waals surface area (Å²) in [4.78, 5) is 4.99. The molecular weight excluding hydrogens is 246 g/mol. The van der Waals surface area contributed by atoms with E-state index in [0.29, 0.717) is 18.6 Å². The number of hydrogen-bond acceptors (Lipinski definition) is 3. The number of nitrogens with zero attached hydrogens (tertiary/aromatic N) is 2. The molecule has 1 aromatic carbocycles. The van der Waals surface area contributed by atoms with Gasteiger partial charge in [-0.2, -0.15) is 0 Å². The van der Waals surface area contributed by atoms with Crippen molar-refractivity contribution in [2.75, 3.05) is 33.2 Å². The lowest BCUT2D eigenvalue weighted by atomic mass is 9.94. The van der Waals surface area contributed by atoms with Gasteiger partial charge in [-0.05, 0) is 57.0 Å². The molecule has 3 nitrogen and oxygen atoms in total. The zero-order chi connectivity index (χ0) is 14.9. The second-order valence-corrected chi connectivity index (χ2v) is 6.37. The summed E-state index contributed by atoms with van der Waals surface area (Å²) in [5, 5.41) is 0. The van der Waals surface area contributed by atoms with Crippen LogP contribution in [0.2, 0.25) is 0 Å². The largest absolute Gasteiger partial charge is 0.329 e. The second kappa shape index (κ2) is 6.25. The van der Waals surface area contributed by atoms with E-state index in [0.717, 1.165) is 19.6 Å². The molecule has 112 valence electrons. The van der Waals surface area contributed by atoms with Gasteiger partial charge in [-0.25, -0.2) is 0 Å². The molecule has 1 heterocycles. The predicted octanol–water partition coefficient (Wildman–Crippen LogP) is 2.25. The number of rotatable bonds is 3. The lowest BCUT2D eigenvalue weighted by molar-refractivity contribution is 0.0739. The molecule has 20 heavy (non-hydrogen) atoms. The molecule has 2 N–H and O–H groups in total. The minimum absolute atomic E-state index is 0.352. The van der Waals surface area contributed by atoms with Gasteiger partial charge < -0.3 is 10.6 Å². The van der Waals surface area contributed by atoms with Crippen molar-refractivity contribution in [3.63, 3.8) is 0 Å². The first kappa shape index (κ1) is 15.5. The summed E-state index contributed by atoms with van der Waals surface area (Å²) in [7, 11) is 2.21. The minimum atomic E-state index is 0.352. The van der Waals surface area contributed by atoms with Crippen molar-refractivity contribution in [2.24, 2.45) is 5.73 Å². The van der Waals surface area contributed by atoms with Crippen molar-refractivity contribution in [3.05, 3.63) is 34.4 Å². The summed E-state index contributed by atoms with van der Waals surface area (Å²) in [6, 6.07) is 5.59. The highest BCUT2D eigenvalue weighted by Crippen LogP contribution is 2.27. The van der Waals surface area contributed by atoms with Gasteiger partial charge in [-0.1, -0.05) is 12.1 Å². The second-order valence-electron chi connectivity index (χ2n) is 6.37. The van der Waals surface area contributed by atoms with Crippen LogP contribution < -0.4 is 5.73 Å². The molecule has 2 atom stereocenters. The first-order valence-corrected chi connectivity index (χ1v) is 7.66. The summed E-state index contributed by atoms with van der Waals surface area (Å²) in [6.45, 7) is 12.9. The maximum Gasteiger partial charge on any atom is 0.0474 e. The SMILES string of the molecule is Cc1cc(C)c(C(CN)N2CCN(C)C(C)C2)cc1C. The van der Waals surface area contributed by atoms with Crippen LogP contribution in [0.5, 0.6) is 0 Å². The fourth-order valence-corrected chi connectivity index (χ4v) is 3.17. The van der Waals surface area contributed by atoms with E-state index in [1.165, 1.54) is 22.3 Å². The van der Waals surface area contributed by atoms with Gasteiger partial charge in [0.05, 0.1) is 0 Å². The molecule has 0 aliphatic carbocycles. The number of hydrogen-bond donors (Lipinski definition) is 1. The Balaban J connectivity index is 2.26. The van der Waals surface area contributed by atoms with Gasteiger partial charge in [-0.3, -0.25) is 4.90 Å². The smallest absolute Gasteiger partial charge is 0.0474 e. The van der Waals surface area contributed by atoms with E-state index in [9.17, 15) is 0 Å². The zero-order valence-corrected chi connectivity index (χ0v) is 13.6. The van der Waals surface area contributed by atoms with Crippen LogP contribution in [0.3, 0.4) is 0 Å². The highest BCUT2D eigenvalue weighted by atomic mass is 15.3. The van der Waals surface area contributed by atoms with Gasteiger partial charge >= 0.3 is 0 Å². The molecular formula is C17H29N3. The van der Waals surface area contributed by atoms with Crippen molar-refractivity contribution in [3.8, 4) is 0 Å². The summed E-state index contributed by atoms with van der Waals surface area (Å²) < 4.78 is 0. The number of nitrogens with two attached hydrogens (primary N) is 1. The lowest BCUT2D eigenvalue weighted by Gasteiger charge is -2.42. The van der Waals surface area contributed by atoms with Crippen molar-refractivity contribution >= 4 is 0 Å². The Labute approximate surface area is 123 Å². The van der Waals surface area contributed by atoms with Gasteiger partial charge in [0.2, 0.25) is 0 Å². The van der Waals surface area contributed by atoms with Crippen LogP contribution in [-0.4, -0.2) is 49.1 Å². The van der Waals surface area contributed by atoms with E-state index < -0.39 is 0 Å². The minimum Gasteiger partial charge on any atom is -0.329 e. The molecule has 0 amide bonds. The molecule has 3 heteroatoms. The molecule has 1 aliphatic rings. The maximum absolute atomic E-state index is 6.12. The third kappa shape index (κ3) is 3.05. The third-order valence-electron chi connectivity index (χ3n) is 4.90. The van der Waals surface area contributed by atoms with Crippen molar-refractivity contribution in [1.82, 2.24) is 9.80 Å². The van der Waals surface area contributed by atoms with E-state index >= 15 is 0 Å². The van der Waals surface area contributed by atoms with Crippen LogP contribution in [0.15, 0.2) is 12.1 Å². The van der Waals surface area contributed by atoms with Crippen molar-refractivity contribution < 1.29 is 0 Å². The zero-order valence-electron chi connectivity index (χ0n) is 13.6. The molecule has 0 spiro atoms. The van der Waals surface area contributed by atoms with Crippen LogP contribution in [-0.2, 0) is 0 Å². The molecule has 1 aromatic rings. The van der Waals surface area contributed by atoms with E-state index in [4.69, 9.17) is 5.73 Å². The molecule has 2 rings (SSSR count). The van der Waals surface area contributed by atoms with Crippen LogP contribution in [0.25, 0.3) is 0 Å². The predicted molar refractivity (Wildman–Crippen MR) is 86.1 cm³/mol. The lowest BCUT2D eigenvalue weighted by Crippen LogP contribution is -2.52. The topological polar surface area (TPSA) is 32.5 Å². The Morgan fingerprint density at radius 1 is 1.15 bits per heavy atom. The Hall–Kier alpha value is -0.900. The molecule has 0 bridgehead atoms. The molecule has 0 radical (unpaired) electrons. The summed E-state index contributed by atoms with van der Waals surface area (Å²) in [5.74, 6) is 0. The Morgan fingerprint density at radius 3 is 2.40 bits per heavy atom. The van der Waals surface area contributed by atoms with Crippen LogP contribution >= 0.6 is 0 Å². The molecule has 1 fully saturated rings. The van der Waals surface area contributed by atoms with Crippen LogP contribution in [0.1, 0.15) is 35.2 Å². The average Bonchev–Trinajstić information content (AvgIpc) is 2.40. The Bertz CT molecular complexity index is 470. The van der Waals surface area contributed by atoms with Crippen molar-refractivity contribution in [1.29, 1.82) is 0 Å². The van der Waals surface area contributed by atoms with Crippen LogP contribution in [0.4, 0.5) is 0 Å². The van der Waals surface area contributed by atoms with Gasteiger partial charge in [-0.15, -0.1) is 0 Å². The van der Waals surface area contributed by atoms with Gasteiger partial charge in [0.1, 0.15) is 0 Å². The van der Waals surface area contributed by atoms with Gasteiger partial charge in [0, 0.05) is 38.3 Å². The maximum atomic E-state index is 6.12. The first-order chi connectivity index (χ1) is 9.43. The van der Waals surface area contributed by atoms with Gasteiger partial charge in [0.25, 0.3) is 0 Å². The molecule has 1 saturated heterocycles. The fraction of sp³-hybridized carbons (Fsp3) is 0.647.